The Labute approximate surface area is 123 Å². The molecule has 0 aromatic carbocycles. The largest absolute Gasteiger partial charge is 0.479 e. The predicted molar refractivity (Wildman–Crippen MR) is 80.5 cm³/mol. The standard InChI is InChI=1S/C13H19N7O/c1-5-20(6-2)13-18-10(17-12(14-3)19-13)9-11(21-4)16-8-7-15-9/h7-8H,5-6H2,1-4H3,(H,14,17,18,19). The van der Waals surface area contributed by atoms with Crippen LogP contribution in [-0.2, 0) is 0 Å². The van der Waals surface area contributed by atoms with Crippen molar-refractivity contribution in [1.29, 1.82) is 0 Å². The van der Waals surface area contributed by atoms with E-state index in [1.807, 2.05) is 4.90 Å². The van der Waals surface area contributed by atoms with Crippen LogP contribution in [0.1, 0.15) is 13.8 Å². The lowest BCUT2D eigenvalue weighted by molar-refractivity contribution is 0.397. The van der Waals surface area contributed by atoms with Crippen molar-refractivity contribution in [2.75, 3.05) is 37.5 Å². The van der Waals surface area contributed by atoms with E-state index in [1.165, 1.54) is 0 Å². The second-order valence-electron chi connectivity index (χ2n) is 4.12. The second kappa shape index (κ2) is 6.78. The Hall–Kier alpha value is -2.51. The van der Waals surface area contributed by atoms with Gasteiger partial charge in [0.05, 0.1) is 7.11 Å². The molecule has 2 rings (SSSR count). The van der Waals surface area contributed by atoms with E-state index in [2.05, 4.69) is 44.1 Å². The van der Waals surface area contributed by atoms with Crippen molar-refractivity contribution in [3.05, 3.63) is 12.4 Å². The average molecular weight is 289 g/mol. The number of anilines is 2. The molecule has 0 aliphatic rings. The van der Waals surface area contributed by atoms with Gasteiger partial charge in [-0.1, -0.05) is 0 Å². The maximum Gasteiger partial charge on any atom is 0.243 e. The Kier molecular flexibility index (Phi) is 4.81. The molecule has 0 bridgehead atoms. The summed E-state index contributed by atoms with van der Waals surface area (Å²) in [6.07, 6.45) is 3.14. The average Bonchev–Trinajstić information content (AvgIpc) is 2.55. The zero-order chi connectivity index (χ0) is 15.2. The summed E-state index contributed by atoms with van der Waals surface area (Å²) < 4.78 is 5.22. The van der Waals surface area contributed by atoms with Crippen LogP contribution in [0, 0.1) is 0 Å². The Bertz CT molecular complexity index is 601. The number of aromatic nitrogens is 5. The van der Waals surface area contributed by atoms with Crippen LogP contribution in [0.5, 0.6) is 5.88 Å². The fraction of sp³-hybridized carbons (Fsp3) is 0.462. The molecular formula is C13H19N7O. The van der Waals surface area contributed by atoms with Gasteiger partial charge in [-0.05, 0) is 13.8 Å². The smallest absolute Gasteiger partial charge is 0.243 e. The first-order chi connectivity index (χ1) is 10.2. The first-order valence-electron chi connectivity index (χ1n) is 6.77. The molecule has 21 heavy (non-hydrogen) atoms. The summed E-state index contributed by atoms with van der Waals surface area (Å²) >= 11 is 0. The third kappa shape index (κ3) is 3.15. The third-order valence-corrected chi connectivity index (χ3v) is 2.96. The molecule has 112 valence electrons. The molecule has 0 aliphatic heterocycles. The Morgan fingerprint density at radius 2 is 1.81 bits per heavy atom. The van der Waals surface area contributed by atoms with E-state index < -0.39 is 0 Å². The van der Waals surface area contributed by atoms with Crippen molar-refractivity contribution in [3.8, 4) is 17.4 Å². The maximum atomic E-state index is 5.22. The lowest BCUT2D eigenvalue weighted by Crippen LogP contribution is -2.25. The van der Waals surface area contributed by atoms with E-state index in [1.54, 1.807) is 26.6 Å². The van der Waals surface area contributed by atoms with Crippen LogP contribution >= 0.6 is 0 Å². The normalized spacial score (nSPS) is 10.3. The number of hydrogen-bond donors (Lipinski definition) is 1. The molecule has 0 saturated heterocycles. The van der Waals surface area contributed by atoms with E-state index in [4.69, 9.17) is 4.74 Å². The molecule has 0 radical (unpaired) electrons. The maximum absolute atomic E-state index is 5.22. The summed E-state index contributed by atoms with van der Waals surface area (Å²) in [6.45, 7) is 5.71. The van der Waals surface area contributed by atoms with Gasteiger partial charge < -0.3 is 15.0 Å². The van der Waals surface area contributed by atoms with E-state index in [-0.39, 0.29) is 0 Å². The second-order valence-corrected chi connectivity index (χ2v) is 4.12. The Morgan fingerprint density at radius 3 is 2.43 bits per heavy atom. The van der Waals surface area contributed by atoms with Gasteiger partial charge in [0.1, 0.15) is 0 Å². The van der Waals surface area contributed by atoms with Crippen LogP contribution in [0.2, 0.25) is 0 Å². The molecule has 0 saturated carbocycles. The molecule has 1 N–H and O–H groups in total. The highest BCUT2D eigenvalue weighted by Gasteiger charge is 2.16. The lowest BCUT2D eigenvalue weighted by atomic mass is 10.4. The van der Waals surface area contributed by atoms with Gasteiger partial charge in [-0.3, -0.25) is 0 Å². The number of nitrogens with one attached hydrogen (secondary N) is 1. The number of nitrogens with zero attached hydrogens (tertiary/aromatic N) is 6. The zero-order valence-electron chi connectivity index (χ0n) is 12.7. The van der Waals surface area contributed by atoms with Crippen LogP contribution < -0.4 is 15.0 Å². The van der Waals surface area contributed by atoms with Crippen LogP contribution in [0.3, 0.4) is 0 Å². The molecule has 8 heteroatoms. The highest BCUT2D eigenvalue weighted by atomic mass is 16.5. The summed E-state index contributed by atoms with van der Waals surface area (Å²) in [5, 5.41) is 2.94. The van der Waals surface area contributed by atoms with Crippen LogP contribution in [0.4, 0.5) is 11.9 Å². The van der Waals surface area contributed by atoms with Gasteiger partial charge in [-0.25, -0.2) is 9.97 Å². The summed E-state index contributed by atoms with van der Waals surface area (Å²) in [5.41, 5.74) is 0.493. The molecule has 0 amide bonds. The molecule has 0 atom stereocenters. The summed E-state index contributed by atoms with van der Waals surface area (Å²) in [6, 6.07) is 0. The van der Waals surface area contributed by atoms with Crippen molar-refractivity contribution in [3.63, 3.8) is 0 Å². The van der Waals surface area contributed by atoms with Crippen molar-refractivity contribution < 1.29 is 4.74 Å². The number of ether oxygens (including phenoxy) is 1. The van der Waals surface area contributed by atoms with E-state index in [0.29, 0.717) is 29.3 Å². The first-order valence-corrected chi connectivity index (χ1v) is 6.77. The van der Waals surface area contributed by atoms with E-state index in [0.717, 1.165) is 13.1 Å². The third-order valence-electron chi connectivity index (χ3n) is 2.96. The minimum atomic E-state index is 0.385. The summed E-state index contributed by atoms with van der Waals surface area (Å²) in [4.78, 5) is 23.6. The van der Waals surface area contributed by atoms with Crippen molar-refractivity contribution in [2.24, 2.45) is 0 Å². The molecule has 2 aromatic rings. The van der Waals surface area contributed by atoms with Gasteiger partial charge in [0.25, 0.3) is 0 Å². The quantitative estimate of drug-likeness (QED) is 0.849. The van der Waals surface area contributed by atoms with Gasteiger partial charge >= 0.3 is 0 Å². The molecule has 2 heterocycles. The van der Waals surface area contributed by atoms with Crippen LogP contribution in [0.15, 0.2) is 12.4 Å². The molecule has 0 fully saturated rings. The summed E-state index contributed by atoms with van der Waals surface area (Å²) in [7, 11) is 3.30. The lowest BCUT2D eigenvalue weighted by Gasteiger charge is -2.19. The minimum Gasteiger partial charge on any atom is -0.479 e. The molecule has 2 aromatic heterocycles. The van der Waals surface area contributed by atoms with Crippen molar-refractivity contribution in [2.45, 2.75) is 13.8 Å². The SMILES string of the molecule is CCN(CC)c1nc(NC)nc(-c2nccnc2OC)n1. The Balaban J connectivity index is 2.55. The topological polar surface area (TPSA) is 89.0 Å². The minimum absolute atomic E-state index is 0.385. The van der Waals surface area contributed by atoms with Gasteiger partial charge in [0, 0.05) is 32.5 Å². The van der Waals surface area contributed by atoms with Gasteiger partial charge in [0.15, 0.2) is 11.5 Å². The fourth-order valence-corrected chi connectivity index (χ4v) is 1.86. The molecule has 0 aliphatic carbocycles. The fourth-order valence-electron chi connectivity index (χ4n) is 1.86. The zero-order valence-corrected chi connectivity index (χ0v) is 12.7. The molecule has 0 spiro atoms. The highest BCUT2D eigenvalue weighted by molar-refractivity contribution is 5.59. The Morgan fingerprint density at radius 1 is 1.10 bits per heavy atom. The molecule has 8 nitrogen and oxygen atoms in total. The van der Waals surface area contributed by atoms with Gasteiger partial charge in [0.2, 0.25) is 17.8 Å². The number of rotatable bonds is 6. The molecular weight excluding hydrogens is 270 g/mol. The first kappa shape index (κ1) is 14.9. The summed E-state index contributed by atoms with van der Waals surface area (Å²) in [5.74, 6) is 1.90. The van der Waals surface area contributed by atoms with Crippen molar-refractivity contribution in [1.82, 2.24) is 24.9 Å². The van der Waals surface area contributed by atoms with Crippen LogP contribution in [-0.4, -0.2) is 52.2 Å². The van der Waals surface area contributed by atoms with E-state index in [9.17, 15) is 0 Å². The van der Waals surface area contributed by atoms with E-state index >= 15 is 0 Å². The van der Waals surface area contributed by atoms with Crippen molar-refractivity contribution >= 4 is 11.9 Å². The highest BCUT2D eigenvalue weighted by Crippen LogP contribution is 2.24. The monoisotopic (exact) mass is 289 g/mol. The number of methoxy groups -OCH3 is 1. The molecule has 0 unspecified atom stereocenters. The predicted octanol–water partition coefficient (Wildman–Crippen LogP) is 1.23. The number of hydrogen-bond acceptors (Lipinski definition) is 8. The van der Waals surface area contributed by atoms with Gasteiger partial charge in [-0.15, -0.1) is 0 Å². The van der Waals surface area contributed by atoms with Crippen LogP contribution in [0.25, 0.3) is 11.5 Å². The van der Waals surface area contributed by atoms with Gasteiger partial charge in [-0.2, -0.15) is 15.0 Å².